The Morgan fingerprint density at radius 3 is 1.90 bits per heavy atom. The van der Waals surface area contributed by atoms with Gasteiger partial charge in [0.05, 0.1) is 17.4 Å². The fraction of sp³-hybridized carbons (Fsp3) is 0.364. The van der Waals surface area contributed by atoms with Gasteiger partial charge in [-0.3, -0.25) is 14.4 Å². The molecule has 0 spiro atoms. The lowest BCUT2D eigenvalue weighted by molar-refractivity contribution is -0.143. The zero-order chi connectivity index (χ0) is 29.4. The number of hydrogen-bond acceptors (Lipinski definition) is 6. The molecule has 0 aromatic heterocycles. The van der Waals surface area contributed by atoms with Gasteiger partial charge in [-0.1, -0.05) is 12.2 Å². The minimum atomic E-state index is -0.700. The molecule has 0 saturated heterocycles. The normalized spacial score (nSPS) is 11.7. The van der Waals surface area contributed by atoms with E-state index in [1.54, 1.807) is 84.0 Å². The zero-order valence-corrected chi connectivity index (χ0v) is 24.2. The highest BCUT2D eigenvalue weighted by Crippen LogP contribution is 2.39. The van der Waals surface area contributed by atoms with E-state index in [9.17, 15) is 14.4 Å². The second kappa shape index (κ2) is 13.2. The molecule has 0 N–H and O–H groups in total. The van der Waals surface area contributed by atoms with Crippen molar-refractivity contribution in [3.8, 4) is 17.2 Å². The smallest absolute Gasteiger partial charge is 0.316 e. The maximum atomic E-state index is 13.0. The third-order valence-corrected chi connectivity index (χ3v) is 5.62. The number of ketones is 1. The van der Waals surface area contributed by atoms with E-state index in [-0.39, 0.29) is 17.7 Å². The number of carbonyl (C=O) groups excluding carboxylic acids is 3. The van der Waals surface area contributed by atoms with E-state index in [1.807, 2.05) is 13.0 Å². The van der Waals surface area contributed by atoms with E-state index in [1.165, 1.54) is 6.08 Å². The molecule has 0 aliphatic heterocycles. The summed E-state index contributed by atoms with van der Waals surface area (Å²) in [4.78, 5) is 37.9. The lowest BCUT2D eigenvalue weighted by Crippen LogP contribution is -2.26. The Hall–Kier alpha value is -3.93. The van der Waals surface area contributed by atoms with Gasteiger partial charge < -0.3 is 14.2 Å². The highest BCUT2D eigenvalue weighted by molar-refractivity contribution is 6.07. The minimum absolute atomic E-state index is 0.232. The minimum Gasteiger partial charge on any atom is -0.493 e. The summed E-state index contributed by atoms with van der Waals surface area (Å²) in [6.45, 7) is 20.7. The zero-order valence-electron chi connectivity index (χ0n) is 24.2. The second-order valence-corrected chi connectivity index (χ2v) is 11.2. The predicted octanol–water partition coefficient (Wildman–Crippen LogP) is 7.34. The highest BCUT2D eigenvalue weighted by atomic mass is 16.5. The van der Waals surface area contributed by atoms with E-state index in [0.717, 1.165) is 5.56 Å². The Kier molecular flexibility index (Phi) is 10.6. The predicted molar refractivity (Wildman–Crippen MR) is 155 cm³/mol. The second-order valence-electron chi connectivity index (χ2n) is 11.2. The third kappa shape index (κ3) is 8.54. The first-order valence-electron chi connectivity index (χ1n) is 13.0. The fourth-order valence-corrected chi connectivity index (χ4v) is 3.45. The summed E-state index contributed by atoms with van der Waals surface area (Å²) in [5, 5.41) is 0. The molecule has 0 atom stereocenters. The van der Waals surface area contributed by atoms with Crippen molar-refractivity contribution < 1.29 is 28.6 Å². The fourth-order valence-electron chi connectivity index (χ4n) is 3.45. The maximum absolute atomic E-state index is 13.0. The van der Waals surface area contributed by atoms with Crippen molar-refractivity contribution in [1.29, 1.82) is 0 Å². The molecule has 0 radical (unpaired) electrons. The van der Waals surface area contributed by atoms with Crippen LogP contribution in [0, 0.1) is 10.8 Å². The van der Waals surface area contributed by atoms with Gasteiger partial charge in [0.15, 0.2) is 5.78 Å². The first kappa shape index (κ1) is 31.3. The highest BCUT2D eigenvalue weighted by Gasteiger charge is 2.28. The van der Waals surface area contributed by atoms with Crippen LogP contribution >= 0.6 is 0 Å². The van der Waals surface area contributed by atoms with Crippen molar-refractivity contribution >= 4 is 23.8 Å². The Morgan fingerprint density at radius 2 is 1.38 bits per heavy atom. The number of carbonyl (C=O) groups is 3. The monoisotopic (exact) mass is 532 g/mol. The molecule has 0 heterocycles. The van der Waals surface area contributed by atoms with Crippen LogP contribution in [0.1, 0.15) is 75.5 Å². The van der Waals surface area contributed by atoms with Crippen LogP contribution < -0.4 is 14.2 Å². The first-order chi connectivity index (χ1) is 18.2. The first-order valence-corrected chi connectivity index (χ1v) is 13.0. The van der Waals surface area contributed by atoms with Gasteiger partial charge in [0.1, 0.15) is 17.2 Å². The van der Waals surface area contributed by atoms with E-state index >= 15 is 0 Å². The molecule has 0 aliphatic carbocycles. The van der Waals surface area contributed by atoms with Gasteiger partial charge in [-0.15, -0.1) is 13.2 Å². The molecule has 6 heteroatoms. The number of esters is 2. The summed E-state index contributed by atoms with van der Waals surface area (Å²) in [5.74, 6) is 0.378. The number of ether oxygens (including phenoxy) is 3. The van der Waals surface area contributed by atoms with Crippen LogP contribution in [0.15, 0.2) is 61.7 Å². The molecule has 2 aromatic rings. The van der Waals surface area contributed by atoms with Gasteiger partial charge in [0.2, 0.25) is 0 Å². The Balaban J connectivity index is 2.48. The average molecular weight is 533 g/mol. The van der Waals surface area contributed by atoms with Crippen molar-refractivity contribution in [1.82, 2.24) is 0 Å². The summed E-state index contributed by atoms with van der Waals surface area (Å²) in [6, 6.07) is 8.27. The van der Waals surface area contributed by atoms with Gasteiger partial charge in [-0.25, -0.2) is 0 Å². The molecule has 0 unspecified atom stereocenters. The molecule has 2 aromatic carbocycles. The SMILES string of the molecule is C=CCc1cc(C=CC(=O)c2ccc(OC(=O)C(C)(C)C)cc2)c(OCC)c(CC=C)c1OC(=O)C(C)(C)C. The maximum Gasteiger partial charge on any atom is 0.316 e. The topological polar surface area (TPSA) is 78.9 Å². The quantitative estimate of drug-likeness (QED) is 0.0990. The number of benzene rings is 2. The Labute approximate surface area is 232 Å². The van der Waals surface area contributed by atoms with Crippen molar-refractivity contribution in [3.05, 3.63) is 84.0 Å². The van der Waals surface area contributed by atoms with Crippen LogP contribution in [-0.4, -0.2) is 24.3 Å². The molecule has 39 heavy (non-hydrogen) atoms. The summed E-state index contributed by atoms with van der Waals surface area (Å²) >= 11 is 0. The van der Waals surface area contributed by atoms with Crippen LogP contribution in [-0.2, 0) is 22.4 Å². The van der Waals surface area contributed by atoms with Gasteiger partial charge >= 0.3 is 11.9 Å². The summed E-state index contributed by atoms with van der Waals surface area (Å²) in [7, 11) is 0. The van der Waals surface area contributed by atoms with Crippen LogP contribution in [0.3, 0.4) is 0 Å². The number of allylic oxidation sites excluding steroid dienone is 3. The Bertz CT molecular complexity index is 1250. The largest absolute Gasteiger partial charge is 0.493 e. The van der Waals surface area contributed by atoms with Crippen molar-refractivity contribution in [2.75, 3.05) is 6.61 Å². The molecule has 0 bridgehead atoms. The van der Waals surface area contributed by atoms with E-state index in [2.05, 4.69) is 13.2 Å². The van der Waals surface area contributed by atoms with E-state index in [0.29, 0.717) is 53.4 Å². The van der Waals surface area contributed by atoms with E-state index in [4.69, 9.17) is 14.2 Å². The average Bonchev–Trinajstić information content (AvgIpc) is 2.85. The molecular formula is C33H40O6. The van der Waals surface area contributed by atoms with Gasteiger partial charge in [0.25, 0.3) is 0 Å². The molecule has 2 rings (SSSR count). The molecular weight excluding hydrogens is 492 g/mol. The van der Waals surface area contributed by atoms with Crippen LogP contribution in [0.25, 0.3) is 6.08 Å². The van der Waals surface area contributed by atoms with Crippen LogP contribution in [0.4, 0.5) is 0 Å². The number of hydrogen-bond donors (Lipinski definition) is 0. The van der Waals surface area contributed by atoms with Crippen LogP contribution in [0.2, 0.25) is 0 Å². The molecule has 0 fully saturated rings. The Morgan fingerprint density at radius 1 is 0.821 bits per heavy atom. The molecule has 0 aliphatic rings. The lowest BCUT2D eigenvalue weighted by Gasteiger charge is -2.23. The summed E-state index contributed by atoms with van der Waals surface area (Å²) in [6.07, 6.45) is 7.45. The summed E-state index contributed by atoms with van der Waals surface area (Å²) in [5.41, 5.74) is 1.21. The van der Waals surface area contributed by atoms with Gasteiger partial charge in [0, 0.05) is 16.7 Å². The van der Waals surface area contributed by atoms with Crippen molar-refractivity contribution in [2.24, 2.45) is 10.8 Å². The van der Waals surface area contributed by atoms with Gasteiger partial charge in [-0.05, 0) is 109 Å². The standard InChI is InChI=1S/C33H40O6/c1-10-13-23-21-24(28(37-12-3)26(14-11-2)29(23)39-31(36)33(7,8)9)17-20-27(34)22-15-18-25(19-16-22)38-30(35)32(4,5)6/h10-11,15-21H,1-2,12-14H2,3-9H3. The molecule has 0 saturated carbocycles. The molecule has 0 amide bonds. The molecule has 208 valence electrons. The lowest BCUT2D eigenvalue weighted by atomic mass is 9.95. The van der Waals surface area contributed by atoms with Crippen molar-refractivity contribution in [2.45, 2.75) is 61.3 Å². The van der Waals surface area contributed by atoms with Crippen molar-refractivity contribution in [3.63, 3.8) is 0 Å². The number of rotatable bonds is 11. The molecule has 6 nitrogen and oxygen atoms in total. The van der Waals surface area contributed by atoms with Crippen LogP contribution in [0.5, 0.6) is 17.2 Å². The van der Waals surface area contributed by atoms with Gasteiger partial charge in [-0.2, -0.15) is 0 Å². The third-order valence-electron chi connectivity index (χ3n) is 5.62. The van der Waals surface area contributed by atoms with E-state index < -0.39 is 10.8 Å². The summed E-state index contributed by atoms with van der Waals surface area (Å²) < 4.78 is 17.3.